The third-order valence-corrected chi connectivity index (χ3v) is 3.96. The molecule has 90 valence electrons. The summed E-state index contributed by atoms with van der Waals surface area (Å²) < 4.78 is 0. The van der Waals surface area contributed by atoms with Crippen molar-refractivity contribution in [1.82, 2.24) is 0 Å². The summed E-state index contributed by atoms with van der Waals surface area (Å²) in [5.74, 6) is 1.46. The van der Waals surface area contributed by atoms with E-state index in [4.69, 9.17) is 0 Å². The molecule has 0 rings (SSSR count). The van der Waals surface area contributed by atoms with Gasteiger partial charge in [-0.1, -0.05) is 66.5 Å². The van der Waals surface area contributed by atoms with Gasteiger partial charge in [-0.25, -0.2) is 0 Å². The van der Waals surface area contributed by atoms with Gasteiger partial charge in [-0.05, 0) is 30.1 Å². The van der Waals surface area contributed by atoms with Crippen LogP contribution in [0.2, 0.25) is 0 Å². The van der Waals surface area contributed by atoms with Gasteiger partial charge in [-0.3, -0.25) is 0 Å². The maximum absolute atomic E-state index is 4.16. The van der Waals surface area contributed by atoms with Crippen LogP contribution in [0.15, 0.2) is 12.2 Å². The summed E-state index contributed by atoms with van der Waals surface area (Å²) in [5.41, 5.74) is 1.88. The van der Waals surface area contributed by atoms with Gasteiger partial charge in [-0.15, -0.1) is 0 Å². The van der Waals surface area contributed by atoms with Gasteiger partial charge < -0.3 is 0 Å². The third-order valence-electron chi connectivity index (χ3n) is 3.96. The molecule has 0 N–H and O–H groups in total. The van der Waals surface area contributed by atoms with Gasteiger partial charge in [0, 0.05) is 0 Å². The third kappa shape index (κ3) is 5.39. The van der Waals surface area contributed by atoms with Gasteiger partial charge in [0.25, 0.3) is 0 Å². The molecule has 0 amide bonds. The Morgan fingerprint density at radius 1 is 1.20 bits per heavy atom. The van der Waals surface area contributed by atoms with E-state index in [0.29, 0.717) is 11.3 Å². The molecule has 1 atom stereocenters. The minimum absolute atomic E-state index is 0.466. The van der Waals surface area contributed by atoms with E-state index >= 15 is 0 Å². The summed E-state index contributed by atoms with van der Waals surface area (Å²) >= 11 is 0. The van der Waals surface area contributed by atoms with Gasteiger partial charge in [0.1, 0.15) is 0 Å². The Morgan fingerprint density at radius 2 is 1.73 bits per heavy atom. The Balaban J connectivity index is 4.08. The number of hydrogen-bond acceptors (Lipinski definition) is 0. The minimum atomic E-state index is 0.466. The average molecular weight is 210 g/mol. The molecule has 0 heteroatoms. The predicted molar refractivity (Wildman–Crippen MR) is 71.1 cm³/mol. The quantitative estimate of drug-likeness (QED) is 0.491. The maximum Gasteiger partial charge on any atom is -0.0263 e. The minimum Gasteiger partial charge on any atom is -0.0996 e. The average Bonchev–Trinajstić information content (AvgIpc) is 2.14. The molecule has 0 aromatic carbocycles. The molecule has 0 aliphatic rings. The van der Waals surface area contributed by atoms with Crippen LogP contribution in [0.3, 0.4) is 0 Å². The van der Waals surface area contributed by atoms with E-state index in [9.17, 15) is 0 Å². The van der Waals surface area contributed by atoms with Crippen molar-refractivity contribution in [2.75, 3.05) is 0 Å². The lowest BCUT2D eigenvalue weighted by molar-refractivity contribution is 0.198. The molecular formula is C15H30. The second-order valence-electron chi connectivity index (χ2n) is 5.99. The summed E-state index contributed by atoms with van der Waals surface area (Å²) in [6, 6.07) is 0. The van der Waals surface area contributed by atoms with Crippen molar-refractivity contribution in [3.63, 3.8) is 0 Å². The second-order valence-corrected chi connectivity index (χ2v) is 5.99. The summed E-state index contributed by atoms with van der Waals surface area (Å²) in [6.07, 6.45) is 5.13. The van der Waals surface area contributed by atoms with E-state index in [1.807, 2.05) is 0 Å². The van der Waals surface area contributed by atoms with Crippen LogP contribution in [0.25, 0.3) is 0 Å². The molecule has 0 fully saturated rings. The molecule has 0 aliphatic heterocycles. The lowest BCUT2D eigenvalue weighted by Gasteiger charge is -2.32. The van der Waals surface area contributed by atoms with Crippen LogP contribution in [0.5, 0.6) is 0 Å². The molecule has 0 aliphatic carbocycles. The van der Waals surface area contributed by atoms with Gasteiger partial charge in [0.15, 0.2) is 0 Å². The molecule has 0 heterocycles. The van der Waals surface area contributed by atoms with Crippen LogP contribution in [-0.2, 0) is 0 Å². The highest BCUT2D eigenvalue weighted by Crippen LogP contribution is 2.36. The van der Waals surface area contributed by atoms with E-state index < -0.39 is 0 Å². The number of hydrogen-bond donors (Lipinski definition) is 0. The molecule has 0 nitrogen and oxygen atoms in total. The van der Waals surface area contributed by atoms with Crippen molar-refractivity contribution >= 4 is 0 Å². The molecule has 0 radical (unpaired) electrons. The largest absolute Gasteiger partial charge is 0.0996 e. The molecular weight excluding hydrogens is 180 g/mol. The Labute approximate surface area is 97.2 Å². The zero-order valence-corrected chi connectivity index (χ0v) is 11.7. The molecule has 15 heavy (non-hydrogen) atoms. The first-order chi connectivity index (χ1) is 6.81. The number of allylic oxidation sites excluding steroid dienone is 1. The van der Waals surface area contributed by atoms with Gasteiger partial charge in [0.2, 0.25) is 0 Å². The summed E-state index contributed by atoms with van der Waals surface area (Å²) in [4.78, 5) is 0. The standard InChI is InChI=1S/C15H30/c1-8-9-14(5)15(6,7)11-10-13(4)12(2)3/h12,14H,4,8-11H2,1-3,5-7H3. The zero-order valence-electron chi connectivity index (χ0n) is 11.7. The molecule has 0 aromatic heterocycles. The van der Waals surface area contributed by atoms with Crippen LogP contribution in [0.4, 0.5) is 0 Å². The van der Waals surface area contributed by atoms with Crippen LogP contribution in [0.1, 0.15) is 67.2 Å². The van der Waals surface area contributed by atoms with E-state index in [2.05, 4.69) is 48.1 Å². The highest BCUT2D eigenvalue weighted by atomic mass is 14.3. The maximum atomic E-state index is 4.16. The van der Waals surface area contributed by atoms with Crippen LogP contribution >= 0.6 is 0 Å². The van der Waals surface area contributed by atoms with E-state index in [1.54, 1.807) is 0 Å². The highest BCUT2D eigenvalue weighted by Gasteiger charge is 2.24. The van der Waals surface area contributed by atoms with Crippen molar-refractivity contribution < 1.29 is 0 Å². The van der Waals surface area contributed by atoms with Crippen molar-refractivity contribution in [3.8, 4) is 0 Å². The smallest absolute Gasteiger partial charge is 0.0263 e. The van der Waals surface area contributed by atoms with Gasteiger partial charge in [0.05, 0.1) is 0 Å². The summed E-state index contributed by atoms with van der Waals surface area (Å²) in [5, 5.41) is 0. The van der Waals surface area contributed by atoms with E-state index in [1.165, 1.54) is 31.3 Å². The first-order valence-electron chi connectivity index (χ1n) is 6.49. The fourth-order valence-electron chi connectivity index (χ4n) is 1.84. The fourth-order valence-corrected chi connectivity index (χ4v) is 1.84. The van der Waals surface area contributed by atoms with Crippen LogP contribution in [0, 0.1) is 17.3 Å². The zero-order chi connectivity index (χ0) is 12.1. The predicted octanol–water partition coefficient (Wildman–Crippen LogP) is 5.44. The lowest BCUT2D eigenvalue weighted by atomic mass is 9.73. The van der Waals surface area contributed by atoms with Gasteiger partial charge >= 0.3 is 0 Å². The Bertz CT molecular complexity index is 186. The van der Waals surface area contributed by atoms with E-state index in [0.717, 1.165) is 5.92 Å². The number of rotatable bonds is 7. The molecule has 0 saturated carbocycles. The Kier molecular flexibility index (Phi) is 6.24. The van der Waals surface area contributed by atoms with E-state index in [-0.39, 0.29) is 0 Å². The summed E-state index contributed by atoms with van der Waals surface area (Å²) in [6.45, 7) is 18.1. The van der Waals surface area contributed by atoms with Crippen LogP contribution < -0.4 is 0 Å². The van der Waals surface area contributed by atoms with Crippen molar-refractivity contribution in [3.05, 3.63) is 12.2 Å². The molecule has 0 aromatic rings. The highest BCUT2D eigenvalue weighted by molar-refractivity contribution is 4.98. The molecule has 0 saturated heterocycles. The second kappa shape index (κ2) is 6.35. The van der Waals surface area contributed by atoms with Crippen LogP contribution in [-0.4, -0.2) is 0 Å². The normalized spacial score (nSPS) is 14.3. The lowest BCUT2D eigenvalue weighted by Crippen LogP contribution is -2.21. The van der Waals surface area contributed by atoms with Crippen molar-refractivity contribution in [1.29, 1.82) is 0 Å². The molecule has 0 spiro atoms. The topological polar surface area (TPSA) is 0 Å². The fraction of sp³-hybridized carbons (Fsp3) is 0.867. The first-order valence-corrected chi connectivity index (χ1v) is 6.49. The van der Waals surface area contributed by atoms with Gasteiger partial charge in [-0.2, -0.15) is 0 Å². The van der Waals surface area contributed by atoms with Crippen molar-refractivity contribution in [2.45, 2.75) is 67.2 Å². The first kappa shape index (κ1) is 14.7. The SMILES string of the molecule is C=C(CCC(C)(C)C(C)CCC)C(C)C. The molecule has 0 bridgehead atoms. The monoisotopic (exact) mass is 210 g/mol. The Hall–Kier alpha value is -0.260. The molecule has 1 unspecified atom stereocenters. The Morgan fingerprint density at radius 3 is 2.13 bits per heavy atom. The van der Waals surface area contributed by atoms with Crippen molar-refractivity contribution in [2.24, 2.45) is 17.3 Å². The summed E-state index contributed by atoms with van der Waals surface area (Å²) in [7, 11) is 0.